The van der Waals surface area contributed by atoms with E-state index in [2.05, 4.69) is 24.1 Å². The Morgan fingerprint density at radius 1 is 1.44 bits per heavy atom. The lowest BCUT2D eigenvalue weighted by Crippen LogP contribution is -2.29. The van der Waals surface area contributed by atoms with Gasteiger partial charge in [-0.1, -0.05) is 13.8 Å². The maximum absolute atomic E-state index is 12.8. The third-order valence-corrected chi connectivity index (χ3v) is 4.43. The number of hydrogen-bond acceptors (Lipinski definition) is 3. The van der Waals surface area contributed by atoms with Crippen LogP contribution in [0.2, 0.25) is 0 Å². The van der Waals surface area contributed by atoms with Gasteiger partial charge in [-0.25, -0.2) is 4.39 Å². The molecule has 1 aromatic heterocycles. The lowest BCUT2D eigenvalue weighted by Gasteiger charge is -2.21. The predicted octanol–water partition coefficient (Wildman–Crippen LogP) is 2.62. The summed E-state index contributed by atoms with van der Waals surface area (Å²) in [4.78, 5) is 4.17. The van der Waals surface area contributed by atoms with Crippen LogP contribution in [0.1, 0.15) is 25.6 Å². The lowest BCUT2D eigenvalue weighted by molar-refractivity contribution is 0.480. The highest BCUT2D eigenvalue weighted by atomic mass is 32.2. The molecule has 1 aliphatic heterocycles. The normalized spacial score (nSPS) is 31.1. The highest BCUT2D eigenvalue weighted by molar-refractivity contribution is 7.99. The zero-order chi connectivity index (χ0) is 11.5. The first-order chi connectivity index (χ1) is 7.66. The van der Waals surface area contributed by atoms with Crippen LogP contribution in [0.3, 0.4) is 0 Å². The summed E-state index contributed by atoms with van der Waals surface area (Å²) in [7, 11) is 0. The Morgan fingerprint density at radius 2 is 2.25 bits per heavy atom. The molecule has 0 amide bonds. The molecule has 2 rings (SSSR count). The van der Waals surface area contributed by atoms with Gasteiger partial charge in [-0.2, -0.15) is 11.8 Å². The summed E-state index contributed by atoms with van der Waals surface area (Å²) in [6, 6.07) is 3.49. The SMILES string of the molecule is CC1CNC(c2ccc(F)cn2)C(C)SC1. The molecule has 0 spiro atoms. The molecule has 0 bridgehead atoms. The number of thioether (sulfide) groups is 1. The van der Waals surface area contributed by atoms with Crippen LogP contribution < -0.4 is 5.32 Å². The van der Waals surface area contributed by atoms with Gasteiger partial charge in [0, 0.05) is 5.25 Å². The number of halogens is 1. The van der Waals surface area contributed by atoms with Crippen LogP contribution in [-0.2, 0) is 0 Å². The minimum absolute atomic E-state index is 0.232. The summed E-state index contributed by atoms with van der Waals surface area (Å²) in [5.74, 6) is 1.58. The predicted molar refractivity (Wildman–Crippen MR) is 66.0 cm³/mol. The maximum Gasteiger partial charge on any atom is 0.141 e. The van der Waals surface area contributed by atoms with Gasteiger partial charge in [-0.15, -0.1) is 0 Å². The monoisotopic (exact) mass is 240 g/mol. The molecule has 3 atom stereocenters. The van der Waals surface area contributed by atoms with Crippen molar-refractivity contribution >= 4 is 11.8 Å². The van der Waals surface area contributed by atoms with Crippen molar-refractivity contribution in [1.29, 1.82) is 0 Å². The van der Waals surface area contributed by atoms with Crippen LogP contribution >= 0.6 is 11.8 Å². The Labute approximate surface area is 100 Å². The number of hydrogen-bond donors (Lipinski definition) is 1. The second kappa shape index (κ2) is 5.15. The van der Waals surface area contributed by atoms with Gasteiger partial charge in [0.05, 0.1) is 17.9 Å². The number of rotatable bonds is 1. The largest absolute Gasteiger partial charge is 0.307 e. The van der Waals surface area contributed by atoms with Crippen molar-refractivity contribution in [2.45, 2.75) is 25.1 Å². The lowest BCUT2D eigenvalue weighted by atomic mass is 10.1. The molecule has 1 fully saturated rings. The van der Waals surface area contributed by atoms with Gasteiger partial charge >= 0.3 is 0 Å². The molecule has 2 heterocycles. The average Bonchev–Trinajstić information content (AvgIpc) is 2.44. The molecule has 16 heavy (non-hydrogen) atoms. The van der Waals surface area contributed by atoms with E-state index in [-0.39, 0.29) is 11.9 Å². The van der Waals surface area contributed by atoms with Gasteiger partial charge in [0.25, 0.3) is 0 Å². The second-order valence-corrected chi connectivity index (χ2v) is 5.84. The Bertz CT molecular complexity index is 341. The van der Waals surface area contributed by atoms with Crippen molar-refractivity contribution < 1.29 is 4.39 Å². The molecule has 88 valence electrons. The van der Waals surface area contributed by atoms with Crippen LogP contribution in [0.25, 0.3) is 0 Å². The molecule has 0 aromatic carbocycles. The minimum atomic E-state index is -0.272. The summed E-state index contributed by atoms with van der Waals surface area (Å²) >= 11 is 1.96. The first-order valence-corrected chi connectivity index (χ1v) is 6.68. The quantitative estimate of drug-likeness (QED) is 0.817. The Hall–Kier alpha value is -0.610. The first-order valence-electron chi connectivity index (χ1n) is 5.63. The molecule has 1 aromatic rings. The third-order valence-electron chi connectivity index (χ3n) is 2.87. The molecule has 0 radical (unpaired) electrons. The van der Waals surface area contributed by atoms with Crippen molar-refractivity contribution in [2.24, 2.45) is 5.92 Å². The molecule has 2 nitrogen and oxygen atoms in total. The van der Waals surface area contributed by atoms with Crippen LogP contribution in [0.4, 0.5) is 4.39 Å². The molecule has 0 aliphatic carbocycles. The first kappa shape index (κ1) is 11.9. The number of nitrogens with one attached hydrogen (secondary N) is 1. The fourth-order valence-corrected chi connectivity index (χ4v) is 3.06. The van der Waals surface area contributed by atoms with Gasteiger partial charge in [-0.05, 0) is 30.3 Å². The molecule has 1 N–H and O–H groups in total. The third kappa shape index (κ3) is 2.74. The van der Waals surface area contributed by atoms with Gasteiger partial charge in [0.1, 0.15) is 5.82 Å². The highest BCUT2D eigenvalue weighted by Gasteiger charge is 2.24. The zero-order valence-corrected chi connectivity index (χ0v) is 10.4. The summed E-state index contributed by atoms with van der Waals surface area (Å²) < 4.78 is 12.8. The van der Waals surface area contributed by atoms with Gasteiger partial charge in [-0.3, -0.25) is 4.98 Å². The summed E-state index contributed by atoms with van der Waals surface area (Å²) in [6.45, 7) is 5.44. The van der Waals surface area contributed by atoms with E-state index in [1.807, 2.05) is 11.8 Å². The number of aromatic nitrogens is 1. The van der Waals surface area contributed by atoms with E-state index in [0.717, 1.165) is 12.2 Å². The standard InChI is InChI=1S/C12H17FN2S/c1-8-5-15-12(9(2)16-7-8)11-4-3-10(13)6-14-11/h3-4,6,8-9,12,15H,5,7H2,1-2H3. The molecule has 1 aliphatic rings. The van der Waals surface area contributed by atoms with Crippen LogP contribution in [0.15, 0.2) is 18.3 Å². The van der Waals surface area contributed by atoms with Gasteiger partial charge in [0.15, 0.2) is 0 Å². The van der Waals surface area contributed by atoms with E-state index in [9.17, 15) is 4.39 Å². The topological polar surface area (TPSA) is 24.9 Å². The molecular formula is C12H17FN2S. The average molecular weight is 240 g/mol. The fraction of sp³-hybridized carbons (Fsp3) is 0.583. The van der Waals surface area contributed by atoms with Crippen molar-refractivity contribution in [3.05, 3.63) is 29.8 Å². The van der Waals surface area contributed by atoms with Crippen molar-refractivity contribution in [3.63, 3.8) is 0 Å². The molecule has 3 unspecified atom stereocenters. The van der Waals surface area contributed by atoms with Crippen LogP contribution in [-0.4, -0.2) is 22.5 Å². The van der Waals surface area contributed by atoms with E-state index >= 15 is 0 Å². The Kier molecular flexibility index (Phi) is 3.82. The van der Waals surface area contributed by atoms with E-state index in [0.29, 0.717) is 11.2 Å². The summed E-state index contributed by atoms with van der Waals surface area (Å²) in [5.41, 5.74) is 0.940. The zero-order valence-electron chi connectivity index (χ0n) is 9.61. The van der Waals surface area contributed by atoms with Crippen molar-refractivity contribution in [3.8, 4) is 0 Å². The number of pyridine rings is 1. The smallest absolute Gasteiger partial charge is 0.141 e. The molecule has 0 saturated carbocycles. The molecular weight excluding hydrogens is 223 g/mol. The second-order valence-electron chi connectivity index (χ2n) is 4.43. The maximum atomic E-state index is 12.8. The van der Waals surface area contributed by atoms with E-state index in [1.165, 1.54) is 18.0 Å². The highest BCUT2D eigenvalue weighted by Crippen LogP contribution is 2.29. The summed E-state index contributed by atoms with van der Waals surface area (Å²) in [5, 5.41) is 3.99. The van der Waals surface area contributed by atoms with Gasteiger partial charge < -0.3 is 5.32 Å². The van der Waals surface area contributed by atoms with Gasteiger partial charge in [0.2, 0.25) is 0 Å². The van der Waals surface area contributed by atoms with Crippen molar-refractivity contribution in [2.75, 3.05) is 12.3 Å². The number of nitrogens with zero attached hydrogens (tertiary/aromatic N) is 1. The Balaban J connectivity index is 2.15. The minimum Gasteiger partial charge on any atom is -0.307 e. The molecule has 4 heteroatoms. The fourth-order valence-electron chi connectivity index (χ4n) is 1.88. The molecule has 1 saturated heterocycles. The van der Waals surface area contributed by atoms with E-state index in [1.54, 1.807) is 6.07 Å². The van der Waals surface area contributed by atoms with E-state index < -0.39 is 0 Å². The Morgan fingerprint density at radius 3 is 2.94 bits per heavy atom. The van der Waals surface area contributed by atoms with Crippen LogP contribution in [0.5, 0.6) is 0 Å². The summed E-state index contributed by atoms with van der Waals surface area (Å²) in [6.07, 6.45) is 1.29. The van der Waals surface area contributed by atoms with Crippen molar-refractivity contribution in [1.82, 2.24) is 10.3 Å². The van der Waals surface area contributed by atoms with E-state index in [4.69, 9.17) is 0 Å². The van der Waals surface area contributed by atoms with Crippen LogP contribution in [0, 0.1) is 11.7 Å².